The largest absolute Gasteiger partial charge is 0.481 e. The Bertz CT molecular complexity index is 639. The maximum Gasteiger partial charge on any atom is 0.307 e. The summed E-state index contributed by atoms with van der Waals surface area (Å²) in [5.41, 5.74) is 2.65. The topological polar surface area (TPSA) is 66.4 Å². The number of rotatable bonds is 5. The Morgan fingerprint density at radius 3 is 2.39 bits per heavy atom. The van der Waals surface area contributed by atoms with E-state index in [1.54, 1.807) is 0 Å². The average molecular weight is 336 g/mol. The Morgan fingerprint density at radius 2 is 1.83 bits per heavy atom. The van der Waals surface area contributed by atoms with Crippen molar-refractivity contribution < 1.29 is 14.7 Å². The molecule has 4 nitrogen and oxygen atoms in total. The minimum Gasteiger partial charge on any atom is -0.481 e. The molecule has 0 heterocycles. The molecular formula is C18H22ClNO3. The number of carboxylic acids is 1. The standard InChI is InChI=1S/C18H22ClNO3/c1-3-11-9-10-15(19)12(4-2)16(11)20-17(21)13-7-5-6-8-14(13)18(22)23/h5-6,9-10,13-14H,3-4,7-8H2,1-2H3,(H,20,21)(H,22,23)/t13-,14+/m1/s1. The summed E-state index contributed by atoms with van der Waals surface area (Å²) >= 11 is 6.25. The Kier molecular flexibility index (Phi) is 5.83. The maximum absolute atomic E-state index is 12.7. The molecule has 0 spiro atoms. The number of carbonyl (C=O) groups is 2. The van der Waals surface area contributed by atoms with Crippen molar-refractivity contribution in [2.75, 3.05) is 5.32 Å². The first-order chi connectivity index (χ1) is 11.0. The summed E-state index contributed by atoms with van der Waals surface area (Å²) in [6, 6.07) is 3.75. The molecule has 1 amide bonds. The van der Waals surface area contributed by atoms with Crippen LogP contribution in [-0.4, -0.2) is 17.0 Å². The minimum absolute atomic E-state index is 0.242. The van der Waals surface area contributed by atoms with Crippen molar-refractivity contribution >= 4 is 29.2 Å². The first kappa shape index (κ1) is 17.5. The second-order valence-corrected chi connectivity index (χ2v) is 6.16. The molecule has 2 rings (SSSR count). The lowest BCUT2D eigenvalue weighted by Gasteiger charge is -2.25. The fourth-order valence-electron chi connectivity index (χ4n) is 3.06. The molecular weight excluding hydrogens is 314 g/mol. The Labute approximate surface area is 141 Å². The quantitative estimate of drug-likeness (QED) is 0.797. The molecule has 0 unspecified atom stereocenters. The van der Waals surface area contributed by atoms with Gasteiger partial charge in [-0.25, -0.2) is 0 Å². The van der Waals surface area contributed by atoms with E-state index in [0.717, 1.165) is 23.2 Å². The van der Waals surface area contributed by atoms with Crippen LogP contribution in [0.4, 0.5) is 5.69 Å². The predicted molar refractivity (Wildman–Crippen MR) is 91.8 cm³/mol. The molecule has 1 aliphatic carbocycles. The zero-order valence-corrected chi connectivity index (χ0v) is 14.2. The third-order valence-corrected chi connectivity index (χ3v) is 4.77. The van der Waals surface area contributed by atoms with Gasteiger partial charge in [0.15, 0.2) is 0 Å². The van der Waals surface area contributed by atoms with E-state index in [0.29, 0.717) is 24.3 Å². The van der Waals surface area contributed by atoms with Gasteiger partial charge in [-0.3, -0.25) is 9.59 Å². The first-order valence-electron chi connectivity index (χ1n) is 7.98. The lowest BCUT2D eigenvalue weighted by molar-refractivity contribution is -0.146. The van der Waals surface area contributed by atoms with Crippen molar-refractivity contribution in [3.63, 3.8) is 0 Å². The van der Waals surface area contributed by atoms with Gasteiger partial charge in [-0.1, -0.05) is 43.7 Å². The Morgan fingerprint density at radius 1 is 1.17 bits per heavy atom. The fourth-order valence-corrected chi connectivity index (χ4v) is 3.35. The number of amides is 1. The number of aliphatic carboxylic acids is 1. The molecule has 124 valence electrons. The highest BCUT2D eigenvalue weighted by Gasteiger charge is 2.34. The molecule has 0 bridgehead atoms. The monoisotopic (exact) mass is 335 g/mol. The van der Waals surface area contributed by atoms with Gasteiger partial charge in [0.05, 0.1) is 11.8 Å². The van der Waals surface area contributed by atoms with Crippen LogP contribution in [0.25, 0.3) is 0 Å². The van der Waals surface area contributed by atoms with Gasteiger partial charge in [0.2, 0.25) is 5.91 Å². The van der Waals surface area contributed by atoms with Crippen LogP contribution in [0.15, 0.2) is 24.3 Å². The zero-order chi connectivity index (χ0) is 17.0. The number of hydrogen-bond acceptors (Lipinski definition) is 2. The molecule has 0 fully saturated rings. The molecule has 5 heteroatoms. The SMILES string of the molecule is CCc1ccc(Cl)c(CC)c1NC(=O)[C@@H]1CC=CC[C@@H]1C(=O)O. The van der Waals surface area contributed by atoms with Crippen LogP contribution in [0.5, 0.6) is 0 Å². The number of carboxylic acid groups (broad SMARTS) is 1. The van der Waals surface area contributed by atoms with E-state index in [2.05, 4.69) is 5.32 Å². The van der Waals surface area contributed by atoms with Crippen molar-refractivity contribution in [1.82, 2.24) is 0 Å². The molecule has 1 aromatic rings. The van der Waals surface area contributed by atoms with Gasteiger partial charge in [0, 0.05) is 10.7 Å². The Balaban J connectivity index is 2.31. The normalized spacial score (nSPS) is 20.3. The van der Waals surface area contributed by atoms with Gasteiger partial charge in [-0.05, 0) is 42.9 Å². The van der Waals surface area contributed by atoms with Crippen molar-refractivity contribution in [1.29, 1.82) is 0 Å². The summed E-state index contributed by atoms with van der Waals surface area (Å²) in [5, 5.41) is 12.9. The van der Waals surface area contributed by atoms with E-state index in [4.69, 9.17) is 11.6 Å². The van der Waals surface area contributed by atoms with Crippen molar-refractivity contribution in [2.45, 2.75) is 39.5 Å². The number of halogens is 1. The smallest absolute Gasteiger partial charge is 0.307 e. The second kappa shape index (κ2) is 7.64. The average Bonchev–Trinajstić information content (AvgIpc) is 2.55. The van der Waals surface area contributed by atoms with Crippen molar-refractivity contribution in [3.8, 4) is 0 Å². The summed E-state index contributed by atoms with van der Waals surface area (Å²) in [4.78, 5) is 24.1. The predicted octanol–water partition coefficient (Wildman–Crippen LogP) is 4.07. The number of carbonyl (C=O) groups excluding carboxylic acids is 1. The fraction of sp³-hybridized carbons (Fsp3) is 0.444. The van der Waals surface area contributed by atoms with Gasteiger partial charge in [0.25, 0.3) is 0 Å². The third kappa shape index (κ3) is 3.75. The number of aryl methyl sites for hydroxylation is 1. The maximum atomic E-state index is 12.7. The molecule has 0 radical (unpaired) electrons. The highest BCUT2D eigenvalue weighted by molar-refractivity contribution is 6.32. The molecule has 2 atom stereocenters. The van der Waals surface area contributed by atoms with E-state index in [9.17, 15) is 14.7 Å². The minimum atomic E-state index is -0.924. The van der Waals surface area contributed by atoms with E-state index < -0.39 is 17.8 Å². The van der Waals surface area contributed by atoms with E-state index in [-0.39, 0.29) is 5.91 Å². The summed E-state index contributed by atoms with van der Waals surface area (Å²) in [6.45, 7) is 4.00. The summed E-state index contributed by atoms with van der Waals surface area (Å²) in [7, 11) is 0. The van der Waals surface area contributed by atoms with Gasteiger partial charge < -0.3 is 10.4 Å². The molecule has 0 aromatic heterocycles. The van der Waals surface area contributed by atoms with Gasteiger partial charge in [-0.2, -0.15) is 0 Å². The highest BCUT2D eigenvalue weighted by Crippen LogP contribution is 2.32. The number of nitrogens with one attached hydrogen (secondary N) is 1. The number of hydrogen-bond donors (Lipinski definition) is 2. The molecule has 0 saturated heterocycles. The van der Waals surface area contributed by atoms with E-state index >= 15 is 0 Å². The van der Waals surface area contributed by atoms with Crippen LogP contribution < -0.4 is 5.32 Å². The molecule has 0 aliphatic heterocycles. The van der Waals surface area contributed by atoms with Crippen LogP contribution in [0, 0.1) is 11.8 Å². The zero-order valence-electron chi connectivity index (χ0n) is 13.4. The summed E-state index contributed by atoms with van der Waals surface area (Å²) in [6.07, 6.45) is 6.03. The van der Waals surface area contributed by atoms with Crippen LogP contribution in [-0.2, 0) is 22.4 Å². The van der Waals surface area contributed by atoms with E-state index in [1.165, 1.54) is 0 Å². The van der Waals surface area contributed by atoms with Crippen molar-refractivity contribution in [2.24, 2.45) is 11.8 Å². The van der Waals surface area contributed by atoms with Crippen LogP contribution in [0.3, 0.4) is 0 Å². The Hall–Kier alpha value is -1.81. The van der Waals surface area contributed by atoms with Crippen LogP contribution >= 0.6 is 11.6 Å². The number of allylic oxidation sites excluding steroid dienone is 2. The summed E-state index contributed by atoms with van der Waals surface area (Å²) < 4.78 is 0. The van der Waals surface area contributed by atoms with E-state index in [1.807, 2.05) is 38.1 Å². The lowest BCUT2D eigenvalue weighted by atomic mass is 9.82. The third-order valence-electron chi connectivity index (χ3n) is 4.41. The number of anilines is 1. The van der Waals surface area contributed by atoms with Gasteiger partial charge in [0.1, 0.15) is 0 Å². The van der Waals surface area contributed by atoms with Gasteiger partial charge in [-0.15, -0.1) is 0 Å². The van der Waals surface area contributed by atoms with Crippen molar-refractivity contribution in [3.05, 3.63) is 40.4 Å². The second-order valence-electron chi connectivity index (χ2n) is 5.75. The molecule has 2 N–H and O–H groups in total. The number of benzene rings is 1. The lowest BCUT2D eigenvalue weighted by Crippen LogP contribution is -2.35. The van der Waals surface area contributed by atoms with Crippen LogP contribution in [0.2, 0.25) is 5.02 Å². The molecule has 0 saturated carbocycles. The molecule has 23 heavy (non-hydrogen) atoms. The molecule has 1 aliphatic rings. The summed E-state index contributed by atoms with van der Waals surface area (Å²) in [5.74, 6) is -2.39. The first-order valence-corrected chi connectivity index (χ1v) is 8.36. The van der Waals surface area contributed by atoms with Gasteiger partial charge >= 0.3 is 5.97 Å². The molecule has 1 aromatic carbocycles. The van der Waals surface area contributed by atoms with Crippen LogP contribution in [0.1, 0.15) is 37.8 Å². The highest BCUT2D eigenvalue weighted by atomic mass is 35.5.